The summed E-state index contributed by atoms with van der Waals surface area (Å²) in [6.45, 7) is 8.66. The van der Waals surface area contributed by atoms with Crippen LogP contribution in [0.5, 0.6) is 0 Å². The van der Waals surface area contributed by atoms with E-state index in [1.807, 2.05) is 24.3 Å². The third kappa shape index (κ3) is 4.62. The van der Waals surface area contributed by atoms with Crippen molar-refractivity contribution in [1.82, 2.24) is 0 Å². The van der Waals surface area contributed by atoms with Crippen molar-refractivity contribution in [3.8, 4) is 0 Å². The summed E-state index contributed by atoms with van der Waals surface area (Å²) < 4.78 is 0. The second-order valence-electron chi connectivity index (χ2n) is 5.92. The average molecular weight is 252 g/mol. The predicted molar refractivity (Wildman–Crippen MR) is 74.8 cm³/mol. The van der Waals surface area contributed by atoms with Crippen LogP contribution in [0.2, 0.25) is 25.7 Å². The third-order valence-corrected chi connectivity index (χ3v) is 4.76. The largest absolute Gasteiger partial charge is 0.389 e. The predicted octanol–water partition coefficient (Wildman–Crippen LogP) is 3.50. The monoisotopic (exact) mass is 252 g/mol. The number of aliphatic hydroxyl groups is 2. The van der Waals surface area contributed by atoms with E-state index >= 15 is 0 Å². The molecule has 2 N–H and O–H groups in total. The Balaban J connectivity index is 2.78. The van der Waals surface area contributed by atoms with Crippen LogP contribution in [0.4, 0.5) is 0 Å². The first kappa shape index (κ1) is 14.4. The van der Waals surface area contributed by atoms with Crippen molar-refractivity contribution in [2.75, 3.05) is 0 Å². The number of rotatable bonds is 5. The molecule has 0 amide bonds. The summed E-state index contributed by atoms with van der Waals surface area (Å²) in [7, 11) is -1.12. The van der Waals surface area contributed by atoms with Crippen molar-refractivity contribution in [1.29, 1.82) is 0 Å². The lowest BCUT2D eigenvalue weighted by molar-refractivity contribution is 0.159. The molecule has 0 saturated heterocycles. The van der Waals surface area contributed by atoms with Crippen molar-refractivity contribution in [3.63, 3.8) is 0 Å². The molecule has 0 radical (unpaired) electrons. The lowest BCUT2D eigenvalue weighted by atomic mass is 9.97. The van der Waals surface area contributed by atoms with E-state index in [4.69, 9.17) is 0 Å². The molecule has 0 fully saturated rings. The maximum atomic E-state index is 10.2. The van der Waals surface area contributed by atoms with E-state index in [1.54, 1.807) is 6.92 Å². The third-order valence-electron chi connectivity index (χ3n) is 2.97. The molecule has 1 aromatic rings. The van der Waals surface area contributed by atoms with Gasteiger partial charge in [-0.05, 0) is 24.5 Å². The SMILES string of the molecule is CC(O)c1ccccc1C(O)CC[Si](C)(C)C. The zero-order chi connectivity index (χ0) is 13.1. The van der Waals surface area contributed by atoms with Gasteiger partial charge < -0.3 is 10.2 Å². The molecular formula is C14H24O2Si. The van der Waals surface area contributed by atoms with Crippen LogP contribution in [-0.4, -0.2) is 18.3 Å². The molecule has 1 rings (SSSR count). The van der Waals surface area contributed by atoms with E-state index in [-0.39, 0.29) is 0 Å². The Kier molecular flexibility index (Phi) is 4.92. The summed E-state index contributed by atoms with van der Waals surface area (Å²) in [6, 6.07) is 8.71. The van der Waals surface area contributed by atoms with E-state index in [2.05, 4.69) is 19.6 Å². The van der Waals surface area contributed by atoms with Crippen LogP contribution in [0.1, 0.15) is 36.7 Å². The zero-order valence-corrected chi connectivity index (χ0v) is 12.3. The van der Waals surface area contributed by atoms with Crippen molar-refractivity contribution in [2.45, 2.75) is 51.2 Å². The average Bonchev–Trinajstić information content (AvgIpc) is 2.25. The molecule has 0 aliphatic heterocycles. The molecular weight excluding hydrogens is 228 g/mol. The summed E-state index contributed by atoms with van der Waals surface area (Å²) in [4.78, 5) is 0. The quantitative estimate of drug-likeness (QED) is 0.787. The second-order valence-corrected chi connectivity index (χ2v) is 11.5. The summed E-state index contributed by atoms with van der Waals surface area (Å²) in [6.07, 6.45) is -0.181. The molecule has 0 aliphatic rings. The van der Waals surface area contributed by atoms with Gasteiger partial charge in [0.2, 0.25) is 0 Å². The molecule has 2 nitrogen and oxygen atoms in total. The molecule has 0 spiro atoms. The highest BCUT2D eigenvalue weighted by Crippen LogP contribution is 2.28. The van der Waals surface area contributed by atoms with Crippen LogP contribution in [0.3, 0.4) is 0 Å². The van der Waals surface area contributed by atoms with Gasteiger partial charge in [-0.3, -0.25) is 0 Å². The molecule has 2 unspecified atom stereocenters. The van der Waals surface area contributed by atoms with Crippen LogP contribution in [-0.2, 0) is 0 Å². The van der Waals surface area contributed by atoms with E-state index in [0.29, 0.717) is 0 Å². The lowest BCUT2D eigenvalue weighted by Crippen LogP contribution is -2.20. The Labute approximate surface area is 105 Å². The number of aliphatic hydroxyl groups excluding tert-OH is 2. The van der Waals surface area contributed by atoms with Crippen LogP contribution in [0, 0.1) is 0 Å². The highest BCUT2D eigenvalue weighted by atomic mass is 28.3. The van der Waals surface area contributed by atoms with Gasteiger partial charge in [0.1, 0.15) is 0 Å². The van der Waals surface area contributed by atoms with Crippen LogP contribution >= 0.6 is 0 Å². The van der Waals surface area contributed by atoms with Gasteiger partial charge >= 0.3 is 0 Å². The number of hydrogen-bond donors (Lipinski definition) is 2. The van der Waals surface area contributed by atoms with E-state index < -0.39 is 20.3 Å². The van der Waals surface area contributed by atoms with E-state index in [0.717, 1.165) is 23.6 Å². The van der Waals surface area contributed by atoms with Gasteiger partial charge in [-0.2, -0.15) is 0 Å². The molecule has 17 heavy (non-hydrogen) atoms. The van der Waals surface area contributed by atoms with Gasteiger partial charge in [-0.25, -0.2) is 0 Å². The molecule has 1 aromatic carbocycles. The molecule has 0 heterocycles. The normalized spacial score (nSPS) is 15.6. The maximum Gasteiger partial charge on any atom is 0.0791 e. The molecule has 96 valence electrons. The van der Waals surface area contributed by atoms with Gasteiger partial charge in [0.25, 0.3) is 0 Å². The smallest absolute Gasteiger partial charge is 0.0791 e. The fourth-order valence-electron chi connectivity index (χ4n) is 1.92. The Bertz CT molecular complexity index is 355. The Hall–Kier alpha value is -0.643. The highest BCUT2D eigenvalue weighted by molar-refractivity contribution is 6.76. The fraction of sp³-hybridized carbons (Fsp3) is 0.571. The first-order chi connectivity index (χ1) is 7.81. The summed E-state index contributed by atoms with van der Waals surface area (Å²) in [5, 5.41) is 19.9. The Morgan fingerprint density at radius 3 is 2.06 bits per heavy atom. The van der Waals surface area contributed by atoms with Gasteiger partial charge in [-0.1, -0.05) is 50.0 Å². The number of benzene rings is 1. The fourth-order valence-corrected chi connectivity index (χ4v) is 3.06. The van der Waals surface area contributed by atoms with Crippen molar-refractivity contribution < 1.29 is 10.2 Å². The summed E-state index contributed by atoms with van der Waals surface area (Å²) >= 11 is 0. The van der Waals surface area contributed by atoms with Crippen LogP contribution in [0.15, 0.2) is 24.3 Å². The first-order valence-electron chi connectivity index (χ1n) is 6.26. The van der Waals surface area contributed by atoms with Crippen molar-refractivity contribution in [2.24, 2.45) is 0 Å². The van der Waals surface area contributed by atoms with E-state index in [1.165, 1.54) is 0 Å². The molecule has 3 heteroatoms. The van der Waals surface area contributed by atoms with Crippen LogP contribution in [0.25, 0.3) is 0 Å². The highest BCUT2D eigenvalue weighted by Gasteiger charge is 2.19. The van der Waals surface area contributed by atoms with Gasteiger partial charge in [0.05, 0.1) is 12.2 Å². The minimum atomic E-state index is -1.12. The lowest BCUT2D eigenvalue weighted by Gasteiger charge is -2.21. The van der Waals surface area contributed by atoms with Gasteiger partial charge in [0, 0.05) is 8.07 Å². The molecule has 2 atom stereocenters. The van der Waals surface area contributed by atoms with Crippen molar-refractivity contribution in [3.05, 3.63) is 35.4 Å². The van der Waals surface area contributed by atoms with Crippen LogP contribution < -0.4 is 0 Å². The topological polar surface area (TPSA) is 40.5 Å². The standard InChI is InChI=1S/C14H24O2Si/c1-11(15)12-7-5-6-8-13(12)14(16)9-10-17(2,3)4/h5-8,11,14-16H,9-10H2,1-4H3. The van der Waals surface area contributed by atoms with Crippen molar-refractivity contribution >= 4 is 8.07 Å². The summed E-state index contributed by atoms with van der Waals surface area (Å²) in [5.41, 5.74) is 1.72. The summed E-state index contributed by atoms with van der Waals surface area (Å²) in [5.74, 6) is 0. The molecule has 0 aromatic heterocycles. The maximum absolute atomic E-state index is 10.2. The molecule has 0 aliphatic carbocycles. The molecule has 0 saturated carbocycles. The minimum absolute atomic E-state index is 0.451. The second kappa shape index (κ2) is 5.80. The first-order valence-corrected chi connectivity index (χ1v) is 9.97. The van der Waals surface area contributed by atoms with E-state index in [9.17, 15) is 10.2 Å². The Morgan fingerprint density at radius 1 is 1.06 bits per heavy atom. The number of hydrogen-bond acceptors (Lipinski definition) is 2. The van der Waals surface area contributed by atoms with Gasteiger partial charge in [-0.15, -0.1) is 0 Å². The zero-order valence-electron chi connectivity index (χ0n) is 11.3. The molecule has 0 bridgehead atoms. The minimum Gasteiger partial charge on any atom is -0.389 e. The Morgan fingerprint density at radius 2 is 1.59 bits per heavy atom. The van der Waals surface area contributed by atoms with Gasteiger partial charge in [0.15, 0.2) is 0 Å².